The van der Waals surface area contributed by atoms with E-state index in [2.05, 4.69) is 40.7 Å². The molecule has 5 aliphatic rings. The number of hydrogen-bond acceptors (Lipinski definition) is 5. The summed E-state index contributed by atoms with van der Waals surface area (Å²) in [4.78, 5) is 27.8. The van der Waals surface area contributed by atoms with Crippen molar-refractivity contribution in [1.29, 1.82) is 5.26 Å². The standard InChI is InChI=1S/C34H49NO4/c1-21(38-9)39-20-34-14-12-29(2,3)18-23(34)27-24(36)16-26-31(6)17-22(19-35)28(37)30(4,5)25(31)10-11-32(26,7)33(27,8)13-15-34/h16-17,21,23,25,27H,10-15,18,20H2,1-9H3/t21?,23-,25-,27-,31-,32+,33+,34+/m0/s1. The molecule has 1 unspecified atom stereocenters. The highest BCUT2D eigenvalue weighted by Gasteiger charge is 2.69. The van der Waals surface area contributed by atoms with E-state index in [1.54, 1.807) is 7.11 Å². The summed E-state index contributed by atoms with van der Waals surface area (Å²) in [5.41, 5.74) is 0.0877. The highest BCUT2D eigenvalue weighted by molar-refractivity contribution is 6.04. The Kier molecular flexibility index (Phi) is 6.53. The second-order valence-electron chi connectivity index (χ2n) is 15.7. The number of Topliss-reactive ketones (excluding diaryl/α,β-unsaturated/α-hetero) is 1. The lowest BCUT2D eigenvalue weighted by molar-refractivity contribution is -0.202. The largest absolute Gasteiger partial charge is 0.356 e. The molecule has 214 valence electrons. The fourth-order valence-corrected chi connectivity index (χ4v) is 10.3. The molecule has 0 N–H and O–H groups in total. The molecule has 39 heavy (non-hydrogen) atoms. The normalized spacial score (nSPS) is 45.0. The summed E-state index contributed by atoms with van der Waals surface area (Å²) in [6.07, 6.45) is 10.8. The molecule has 3 fully saturated rings. The first kappa shape index (κ1) is 28.7. The maximum atomic E-state index is 14.5. The van der Waals surface area contributed by atoms with Gasteiger partial charge in [0.25, 0.3) is 0 Å². The lowest BCUT2D eigenvalue weighted by Gasteiger charge is -2.69. The van der Waals surface area contributed by atoms with Gasteiger partial charge in [0, 0.05) is 23.9 Å². The third kappa shape index (κ3) is 3.83. The molecule has 0 aromatic heterocycles. The summed E-state index contributed by atoms with van der Waals surface area (Å²) in [7, 11) is 1.68. The number of methoxy groups -OCH3 is 1. The van der Waals surface area contributed by atoms with E-state index in [1.165, 1.54) is 0 Å². The summed E-state index contributed by atoms with van der Waals surface area (Å²) in [5.74, 6) is 0.465. The van der Waals surface area contributed by atoms with E-state index in [0.29, 0.717) is 6.61 Å². The average Bonchev–Trinajstić information content (AvgIpc) is 2.86. The molecule has 5 heteroatoms. The number of carbonyl (C=O) groups is 2. The van der Waals surface area contributed by atoms with Crippen LogP contribution in [0.3, 0.4) is 0 Å². The van der Waals surface area contributed by atoms with E-state index in [4.69, 9.17) is 9.47 Å². The van der Waals surface area contributed by atoms with Gasteiger partial charge in [0.1, 0.15) is 6.07 Å². The van der Waals surface area contributed by atoms with Gasteiger partial charge in [-0.25, -0.2) is 0 Å². The first-order valence-electron chi connectivity index (χ1n) is 15.1. The predicted molar refractivity (Wildman–Crippen MR) is 151 cm³/mol. The number of ether oxygens (including phenoxy) is 2. The van der Waals surface area contributed by atoms with E-state index < -0.39 is 10.8 Å². The summed E-state index contributed by atoms with van der Waals surface area (Å²) >= 11 is 0. The summed E-state index contributed by atoms with van der Waals surface area (Å²) in [6, 6.07) is 2.21. The Morgan fingerprint density at radius 3 is 2.33 bits per heavy atom. The minimum Gasteiger partial charge on any atom is -0.356 e. The molecule has 5 aliphatic carbocycles. The third-order valence-corrected chi connectivity index (χ3v) is 13.0. The quantitative estimate of drug-likeness (QED) is 0.355. The van der Waals surface area contributed by atoms with Crippen molar-refractivity contribution in [3.63, 3.8) is 0 Å². The summed E-state index contributed by atoms with van der Waals surface area (Å²) in [6.45, 7) is 18.3. The molecule has 0 amide bonds. The van der Waals surface area contributed by atoms with Crippen LogP contribution in [-0.4, -0.2) is 31.6 Å². The molecule has 0 aromatic carbocycles. The first-order valence-corrected chi connectivity index (χ1v) is 15.1. The predicted octanol–water partition coefficient (Wildman–Crippen LogP) is 7.21. The molecule has 0 aliphatic heterocycles. The molecule has 5 rings (SSSR count). The van der Waals surface area contributed by atoms with Crippen molar-refractivity contribution < 1.29 is 19.1 Å². The minimum absolute atomic E-state index is 0.0158. The van der Waals surface area contributed by atoms with Crippen molar-refractivity contribution in [2.45, 2.75) is 107 Å². The van der Waals surface area contributed by atoms with Gasteiger partial charge in [-0.1, -0.05) is 60.1 Å². The Labute approximate surface area is 235 Å². The number of hydrogen-bond donors (Lipinski definition) is 0. The maximum Gasteiger partial charge on any atom is 0.178 e. The average molecular weight is 536 g/mol. The van der Waals surface area contributed by atoms with E-state index >= 15 is 0 Å². The van der Waals surface area contributed by atoms with Crippen LogP contribution in [0.1, 0.15) is 100 Å². The number of nitrogens with zero attached hydrogens (tertiary/aromatic N) is 1. The van der Waals surface area contributed by atoms with Gasteiger partial charge in [0.15, 0.2) is 17.9 Å². The number of ketones is 2. The maximum absolute atomic E-state index is 14.5. The number of nitriles is 1. The van der Waals surface area contributed by atoms with Gasteiger partial charge in [-0.15, -0.1) is 0 Å². The van der Waals surface area contributed by atoms with Gasteiger partial charge in [-0.2, -0.15) is 5.26 Å². The molecule has 0 bridgehead atoms. The van der Waals surface area contributed by atoms with Gasteiger partial charge in [-0.3, -0.25) is 9.59 Å². The fraction of sp³-hybridized carbons (Fsp3) is 0.794. The molecule has 0 heterocycles. The highest BCUT2D eigenvalue weighted by atomic mass is 16.7. The molecule has 0 radical (unpaired) electrons. The number of allylic oxidation sites excluding steroid dienone is 4. The molecule has 3 saturated carbocycles. The Morgan fingerprint density at radius 1 is 1.03 bits per heavy atom. The lowest BCUT2D eigenvalue weighted by atomic mass is 9.34. The molecule has 0 spiro atoms. The second-order valence-corrected chi connectivity index (χ2v) is 15.7. The zero-order valence-corrected chi connectivity index (χ0v) is 25.7. The molecule has 0 saturated heterocycles. The molecule has 8 atom stereocenters. The van der Waals surface area contributed by atoms with E-state index in [9.17, 15) is 14.9 Å². The van der Waals surface area contributed by atoms with Crippen molar-refractivity contribution in [1.82, 2.24) is 0 Å². The number of carbonyl (C=O) groups excluding carboxylic acids is 2. The van der Waals surface area contributed by atoms with Gasteiger partial charge in [0.2, 0.25) is 0 Å². The third-order valence-electron chi connectivity index (χ3n) is 13.0. The number of rotatable bonds is 4. The Balaban J connectivity index is 1.64. The Morgan fingerprint density at radius 2 is 1.69 bits per heavy atom. The zero-order chi connectivity index (χ0) is 28.8. The smallest absolute Gasteiger partial charge is 0.178 e. The van der Waals surface area contributed by atoms with Crippen molar-refractivity contribution in [2.24, 2.45) is 50.2 Å². The van der Waals surface area contributed by atoms with Crippen LogP contribution in [-0.2, 0) is 19.1 Å². The van der Waals surface area contributed by atoms with Gasteiger partial charge in [-0.05, 0) is 91.4 Å². The SMILES string of the molecule is COC(C)OC[C@]12CCC(C)(C)C[C@H]1[C@H]1C(=O)C=C3[C@@]4(C)C=C(C#N)C(=O)C(C)(C)[C@@H]4CC[C@@]3(C)[C@]1(C)CC2. The fourth-order valence-electron chi connectivity index (χ4n) is 10.3. The van der Waals surface area contributed by atoms with Crippen LogP contribution in [0, 0.1) is 61.6 Å². The topological polar surface area (TPSA) is 76.4 Å². The van der Waals surface area contributed by atoms with Gasteiger partial charge < -0.3 is 9.47 Å². The highest BCUT2D eigenvalue weighted by Crippen LogP contribution is 2.74. The van der Waals surface area contributed by atoms with E-state index in [-0.39, 0.29) is 62.8 Å². The zero-order valence-electron chi connectivity index (χ0n) is 25.7. The van der Waals surface area contributed by atoms with E-state index in [0.717, 1.165) is 50.5 Å². The van der Waals surface area contributed by atoms with Crippen molar-refractivity contribution in [3.05, 3.63) is 23.3 Å². The number of fused-ring (bicyclic) bond motifs is 7. The van der Waals surface area contributed by atoms with Crippen LogP contribution in [0.4, 0.5) is 0 Å². The van der Waals surface area contributed by atoms with Crippen LogP contribution in [0.5, 0.6) is 0 Å². The molecular formula is C34H49NO4. The molecule has 0 aromatic rings. The van der Waals surface area contributed by atoms with Crippen molar-refractivity contribution in [2.75, 3.05) is 13.7 Å². The van der Waals surface area contributed by atoms with E-state index in [1.807, 2.05) is 32.9 Å². The minimum atomic E-state index is -0.637. The molecular weight excluding hydrogens is 486 g/mol. The first-order chi connectivity index (χ1) is 18.0. The monoisotopic (exact) mass is 535 g/mol. The van der Waals surface area contributed by atoms with Crippen LogP contribution in [0.2, 0.25) is 0 Å². The second kappa shape index (κ2) is 8.86. The van der Waals surface area contributed by atoms with Crippen LogP contribution >= 0.6 is 0 Å². The van der Waals surface area contributed by atoms with Crippen molar-refractivity contribution in [3.8, 4) is 6.07 Å². The lowest BCUT2D eigenvalue weighted by Crippen LogP contribution is -2.65. The van der Waals surface area contributed by atoms with Crippen LogP contribution in [0.15, 0.2) is 23.3 Å². The molecule has 5 nitrogen and oxygen atoms in total. The van der Waals surface area contributed by atoms with Crippen LogP contribution < -0.4 is 0 Å². The van der Waals surface area contributed by atoms with Crippen molar-refractivity contribution >= 4 is 11.6 Å². The van der Waals surface area contributed by atoms with Gasteiger partial charge in [0.05, 0.1) is 12.2 Å². The summed E-state index contributed by atoms with van der Waals surface area (Å²) < 4.78 is 11.7. The Bertz CT molecular complexity index is 1190. The van der Waals surface area contributed by atoms with Gasteiger partial charge >= 0.3 is 0 Å². The Hall–Kier alpha value is -1.77. The summed E-state index contributed by atoms with van der Waals surface area (Å²) in [5, 5.41) is 9.92. The van der Waals surface area contributed by atoms with Crippen LogP contribution in [0.25, 0.3) is 0 Å².